The van der Waals surface area contributed by atoms with Gasteiger partial charge in [-0.15, -0.1) is 0 Å². The molecule has 7 nitrogen and oxygen atoms in total. The van der Waals surface area contributed by atoms with Gasteiger partial charge in [0.15, 0.2) is 0 Å². The molecule has 1 aromatic carbocycles. The SMILES string of the molecule is COC(=O)[C@H](CC(C)C)NC(=O)[C@@H]1CCCN1C(=O)[C@@H](N)Cc1ccc(F)cc1. The number of rotatable bonds is 8. The predicted molar refractivity (Wildman–Crippen MR) is 106 cm³/mol. The molecular formula is C21H30FN3O4. The number of carbonyl (C=O) groups is 3. The van der Waals surface area contributed by atoms with Crippen LogP contribution in [0.1, 0.15) is 38.7 Å². The zero-order valence-corrected chi connectivity index (χ0v) is 17.2. The van der Waals surface area contributed by atoms with Crippen molar-refractivity contribution in [3.63, 3.8) is 0 Å². The van der Waals surface area contributed by atoms with Gasteiger partial charge >= 0.3 is 5.97 Å². The summed E-state index contributed by atoms with van der Waals surface area (Å²) in [7, 11) is 1.28. The lowest BCUT2D eigenvalue weighted by Crippen LogP contribution is -2.54. The Balaban J connectivity index is 2.03. The largest absolute Gasteiger partial charge is 0.467 e. The molecule has 2 rings (SSSR count). The number of nitrogens with zero attached hydrogens (tertiary/aromatic N) is 1. The lowest BCUT2D eigenvalue weighted by atomic mass is 10.0. The molecule has 1 aromatic rings. The minimum absolute atomic E-state index is 0.185. The number of ether oxygens (including phenoxy) is 1. The van der Waals surface area contributed by atoms with E-state index in [0.29, 0.717) is 25.8 Å². The first-order valence-corrected chi connectivity index (χ1v) is 9.91. The van der Waals surface area contributed by atoms with Gasteiger partial charge in [0.2, 0.25) is 11.8 Å². The normalized spacial score (nSPS) is 18.4. The van der Waals surface area contributed by atoms with Crippen molar-refractivity contribution >= 4 is 17.8 Å². The fraction of sp³-hybridized carbons (Fsp3) is 0.571. The molecule has 8 heteroatoms. The molecule has 1 aliphatic heterocycles. The summed E-state index contributed by atoms with van der Waals surface area (Å²) in [6.07, 6.45) is 1.89. The summed E-state index contributed by atoms with van der Waals surface area (Å²) in [6.45, 7) is 4.32. The van der Waals surface area contributed by atoms with E-state index in [2.05, 4.69) is 5.32 Å². The Morgan fingerprint density at radius 3 is 2.52 bits per heavy atom. The Bertz CT molecular complexity index is 723. The van der Waals surface area contributed by atoms with Crippen molar-refractivity contribution in [3.8, 4) is 0 Å². The molecule has 0 aromatic heterocycles. The fourth-order valence-electron chi connectivity index (χ4n) is 3.57. The van der Waals surface area contributed by atoms with Crippen molar-refractivity contribution < 1.29 is 23.5 Å². The minimum atomic E-state index is -0.832. The third-order valence-electron chi connectivity index (χ3n) is 5.03. The first kappa shape index (κ1) is 22.8. The van der Waals surface area contributed by atoms with Gasteiger partial charge in [-0.25, -0.2) is 9.18 Å². The number of nitrogens with two attached hydrogens (primary N) is 1. The first-order valence-electron chi connectivity index (χ1n) is 9.91. The van der Waals surface area contributed by atoms with Crippen LogP contribution in [0.2, 0.25) is 0 Å². The number of halogens is 1. The highest BCUT2D eigenvalue weighted by molar-refractivity contribution is 5.92. The molecule has 2 amide bonds. The second-order valence-corrected chi connectivity index (χ2v) is 7.84. The molecule has 1 saturated heterocycles. The summed E-state index contributed by atoms with van der Waals surface area (Å²) in [5, 5.41) is 2.73. The first-order chi connectivity index (χ1) is 13.7. The predicted octanol–water partition coefficient (Wildman–Crippen LogP) is 1.39. The van der Waals surface area contributed by atoms with E-state index in [1.807, 2.05) is 13.8 Å². The Labute approximate surface area is 170 Å². The molecule has 1 aliphatic rings. The Morgan fingerprint density at radius 2 is 1.93 bits per heavy atom. The van der Waals surface area contributed by atoms with Crippen molar-refractivity contribution in [2.45, 2.75) is 57.7 Å². The molecular weight excluding hydrogens is 377 g/mol. The number of amides is 2. The van der Waals surface area contributed by atoms with Gasteiger partial charge in [-0.3, -0.25) is 9.59 Å². The van der Waals surface area contributed by atoms with E-state index in [4.69, 9.17) is 10.5 Å². The van der Waals surface area contributed by atoms with E-state index < -0.39 is 24.1 Å². The topological polar surface area (TPSA) is 102 Å². The highest BCUT2D eigenvalue weighted by atomic mass is 19.1. The van der Waals surface area contributed by atoms with Gasteiger partial charge in [0.1, 0.15) is 17.9 Å². The van der Waals surface area contributed by atoms with Crippen LogP contribution in [0, 0.1) is 11.7 Å². The number of benzene rings is 1. The van der Waals surface area contributed by atoms with E-state index in [0.717, 1.165) is 5.56 Å². The van der Waals surface area contributed by atoms with Crippen LogP contribution in [0.15, 0.2) is 24.3 Å². The van der Waals surface area contributed by atoms with E-state index in [1.54, 1.807) is 12.1 Å². The minimum Gasteiger partial charge on any atom is -0.467 e. The van der Waals surface area contributed by atoms with E-state index in [-0.39, 0.29) is 30.0 Å². The molecule has 0 spiro atoms. The second kappa shape index (κ2) is 10.3. The van der Waals surface area contributed by atoms with Gasteiger partial charge in [0, 0.05) is 6.54 Å². The maximum Gasteiger partial charge on any atom is 0.328 e. The smallest absolute Gasteiger partial charge is 0.328 e. The van der Waals surface area contributed by atoms with Crippen molar-refractivity contribution in [2.75, 3.05) is 13.7 Å². The molecule has 1 heterocycles. The van der Waals surface area contributed by atoms with Crippen LogP contribution in [-0.4, -0.2) is 54.5 Å². The van der Waals surface area contributed by atoms with Crippen LogP contribution < -0.4 is 11.1 Å². The maximum absolute atomic E-state index is 13.1. The molecule has 0 radical (unpaired) electrons. The molecule has 3 atom stereocenters. The molecule has 160 valence electrons. The van der Waals surface area contributed by atoms with Gasteiger partial charge < -0.3 is 20.7 Å². The molecule has 0 saturated carbocycles. The number of hydrogen-bond acceptors (Lipinski definition) is 5. The van der Waals surface area contributed by atoms with Crippen molar-refractivity contribution in [1.82, 2.24) is 10.2 Å². The standard InChI is InChI=1S/C21H30FN3O4/c1-13(2)11-17(21(28)29-3)24-19(26)18-5-4-10-25(18)20(27)16(23)12-14-6-8-15(22)9-7-14/h6-9,13,16-18H,4-5,10-12,23H2,1-3H3,(H,24,26)/t16-,17-,18-/m0/s1. The van der Waals surface area contributed by atoms with Crippen LogP contribution in [0.4, 0.5) is 4.39 Å². The van der Waals surface area contributed by atoms with E-state index >= 15 is 0 Å². The lowest BCUT2D eigenvalue weighted by molar-refractivity contribution is -0.147. The third kappa shape index (κ3) is 6.25. The fourth-order valence-corrected chi connectivity index (χ4v) is 3.57. The lowest BCUT2D eigenvalue weighted by Gasteiger charge is -2.28. The van der Waals surface area contributed by atoms with Gasteiger partial charge in [0.05, 0.1) is 13.2 Å². The Kier molecular flexibility index (Phi) is 8.13. The summed E-state index contributed by atoms with van der Waals surface area (Å²) in [5.41, 5.74) is 6.82. The van der Waals surface area contributed by atoms with Crippen LogP contribution in [0.3, 0.4) is 0 Å². The number of likely N-dealkylation sites (tertiary alicyclic amines) is 1. The quantitative estimate of drug-likeness (QED) is 0.634. The van der Waals surface area contributed by atoms with Gasteiger partial charge in [-0.2, -0.15) is 0 Å². The number of carbonyl (C=O) groups excluding carboxylic acids is 3. The second-order valence-electron chi connectivity index (χ2n) is 7.84. The molecule has 0 unspecified atom stereocenters. The summed E-state index contributed by atoms with van der Waals surface area (Å²) in [4.78, 5) is 39.1. The van der Waals surface area contributed by atoms with Crippen LogP contribution in [0.25, 0.3) is 0 Å². The summed E-state index contributed by atoms with van der Waals surface area (Å²) in [5.74, 6) is -1.38. The number of hydrogen-bond donors (Lipinski definition) is 2. The van der Waals surface area contributed by atoms with E-state index in [9.17, 15) is 18.8 Å². The zero-order chi connectivity index (χ0) is 21.6. The van der Waals surface area contributed by atoms with Gasteiger partial charge in [0.25, 0.3) is 0 Å². The average molecular weight is 407 g/mol. The number of methoxy groups -OCH3 is 1. The molecule has 0 aliphatic carbocycles. The van der Waals surface area contributed by atoms with Crippen LogP contribution in [0.5, 0.6) is 0 Å². The van der Waals surface area contributed by atoms with Crippen molar-refractivity contribution in [1.29, 1.82) is 0 Å². The molecule has 0 bridgehead atoms. The summed E-state index contributed by atoms with van der Waals surface area (Å²) in [6, 6.07) is 3.56. The van der Waals surface area contributed by atoms with E-state index in [1.165, 1.54) is 24.1 Å². The number of nitrogens with one attached hydrogen (secondary N) is 1. The highest BCUT2D eigenvalue weighted by Crippen LogP contribution is 2.20. The Hall–Kier alpha value is -2.48. The summed E-state index contributed by atoms with van der Waals surface area (Å²) < 4.78 is 17.8. The average Bonchev–Trinajstić information content (AvgIpc) is 3.17. The monoisotopic (exact) mass is 407 g/mol. The zero-order valence-electron chi connectivity index (χ0n) is 17.2. The van der Waals surface area contributed by atoms with Gasteiger partial charge in [-0.05, 0) is 49.3 Å². The molecule has 29 heavy (non-hydrogen) atoms. The van der Waals surface area contributed by atoms with Gasteiger partial charge in [-0.1, -0.05) is 26.0 Å². The van der Waals surface area contributed by atoms with Crippen LogP contribution in [-0.2, 0) is 25.5 Å². The molecule has 1 fully saturated rings. The van der Waals surface area contributed by atoms with Crippen molar-refractivity contribution in [3.05, 3.63) is 35.6 Å². The van der Waals surface area contributed by atoms with Crippen LogP contribution >= 0.6 is 0 Å². The summed E-state index contributed by atoms with van der Waals surface area (Å²) >= 11 is 0. The van der Waals surface area contributed by atoms with Crippen molar-refractivity contribution in [2.24, 2.45) is 11.7 Å². The maximum atomic E-state index is 13.1. The highest BCUT2D eigenvalue weighted by Gasteiger charge is 2.37. The third-order valence-corrected chi connectivity index (χ3v) is 5.03. The molecule has 3 N–H and O–H groups in total. The Morgan fingerprint density at radius 1 is 1.28 bits per heavy atom. The number of esters is 1.